The fraction of sp³-hybridized carbons (Fsp3) is 0.833. The molecule has 0 N–H and O–H groups in total. The number of carbonyl (C=O) groups excluding carboxylic acids is 2. The summed E-state index contributed by atoms with van der Waals surface area (Å²) in [4.78, 5) is 25.0. The summed E-state index contributed by atoms with van der Waals surface area (Å²) in [6, 6.07) is 0. The molecule has 0 spiro atoms. The molecule has 0 bridgehead atoms. The van der Waals surface area contributed by atoms with Crippen LogP contribution in [0.25, 0.3) is 0 Å². The normalized spacial score (nSPS) is 23.7. The van der Waals surface area contributed by atoms with E-state index in [2.05, 4.69) is 27.7 Å². The summed E-state index contributed by atoms with van der Waals surface area (Å²) in [5.74, 6) is -0.179. The first-order valence-electron chi connectivity index (χ1n) is 11.5. The van der Waals surface area contributed by atoms with Crippen LogP contribution in [0.4, 0.5) is 0 Å². The number of rotatable bonds is 8. The Balaban J connectivity index is 1.99. The van der Waals surface area contributed by atoms with Gasteiger partial charge in [-0.1, -0.05) is 40.5 Å². The number of ether oxygens (including phenoxy) is 2. The highest BCUT2D eigenvalue weighted by molar-refractivity contribution is 5.92. The number of hydrogen-bond donors (Lipinski definition) is 0. The highest BCUT2D eigenvalue weighted by Crippen LogP contribution is 2.40. The van der Waals surface area contributed by atoms with E-state index in [4.69, 9.17) is 9.47 Å². The molecule has 0 heterocycles. The van der Waals surface area contributed by atoms with E-state index in [9.17, 15) is 9.59 Å². The molecule has 2 atom stereocenters. The van der Waals surface area contributed by atoms with E-state index in [-0.39, 0.29) is 11.2 Å². The van der Waals surface area contributed by atoms with Crippen LogP contribution in [0, 0.1) is 11.8 Å². The van der Waals surface area contributed by atoms with E-state index in [1.807, 2.05) is 0 Å². The molecule has 4 heteroatoms. The fourth-order valence-electron chi connectivity index (χ4n) is 5.04. The van der Waals surface area contributed by atoms with Gasteiger partial charge in [0.15, 0.2) is 0 Å². The molecule has 2 aliphatic carbocycles. The van der Waals surface area contributed by atoms with Gasteiger partial charge < -0.3 is 9.47 Å². The third-order valence-corrected chi connectivity index (χ3v) is 7.38. The zero-order valence-corrected chi connectivity index (χ0v) is 18.4. The van der Waals surface area contributed by atoms with Crippen molar-refractivity contribution in [1.29, 1.82) is 0 Å². The zero-order chi connectivity index (χ0) is 20.6. The molecule has 0 aromatic carbocycles. The zero-order valence-electron chi connectivity index (χ0n) is 18.4. The summed E-state index contributed by atoms with van der Waals surface area (Å²) in [5, 5.41) is 0. The summed E-state index contributed by atoms with van der Waals surface area (Å²) in [5.41, 5.74) is -0.751. The SMILES string of the molecule is CCC(C)C1(OC(=O)/C=C/C(=O)OC2(C(C)CC)CCCCC2)CCCCC1. The molecule has 2 unspecified atom stereocenters. The molecule has 4 nitrogen and oxygen atoms in total. The van der Waals surface area contributed by atoms with Crippen LogP contribution in [0.2, 0.25) is 0 Å². The smallest absolute Gasteiger partial charge is 0.331 e. The van der Waals surface area contributed by atoms with Gasteiger partial charge in [0.05, 0.1) is 0 Å². The molecule has 0 amide bonds. The highest BCUT2D eigenvalue weighted by atomic mass is 16.6. The largest absolute Gasteiger partial charge is 0.456 e. The molecule has 2 saturated carbocycles. The van der Waals surface area contributed by atoms with Gasteiger partial charge in [-0.2, -0.15) is 0 Å². The van der Waals surface area contributed by atoms with E-state index in [1.165, 1.54) is 25.0 Å². The molecule has 0 aromatic heterocycles. The van der Waals surface area contributed by atoms with E-state index in [0.29, 0.717) is 11.8 Å². The van der Waals surface area contributed by atoms with E-state index < -0.39 is 11.9 Å². The predicted octanol–water partition coefficient (Wildman–Crippen LogP) is 6.13. The lowest BCUT2D eigenvalue weighted by Crippen LogP contribution is -2.43. The van der Waals surface area contributed by atoms with Crippen LogP contribution in [0.5, 0.6) is 0 Å². The molecule has 0 aliphatic heterocycles. The summed E-state index contributed by atoms with van der Waals surface area (Å²) in [6.45, 7) is 8.60. The number of hydrogen-bond acceptors (Lipinski definition) is 4. The Morgan fingerprint density at radius 1 is 0.714 bits per heavy atom. The van der Waals surface area contributed by atoms with Gasteiger partial charge in [0.1, 0.15) is 11.2 Å². The third kappa shape index (κ3) is 5.61. The first-order valence-corrected chi connectivity index (χ1v) is 11.5. The van der Waals surface area contributed by atoms with E-state index >= 15 is 0 Å². The van der Waals surface area contributed by atoms with Crippen molar-refractivity contribution in [2.45, 2.75) is 116 Å². The molecular weight excluding hydrogens is 352 g/mol. The monoisotopic (exact) mass is 392 g/mol. The molecule has 2 rings (SSSR count). The molecule has 0 saturated heterocycles. The molecule has 160 valence electrons. The minimum Gasteiger partial charge on any atom is -0.456 e. The third-order valence-electron chi connectivity index (χ3n) is 7.38. The Labute approximate surface area is 171 Å². The van der Waals surface area contributed by atoms with Crippen molar-refractivity contribution in [3.8, 4) is 0 Å². The van der Waals surface area contributed by atoms with Gasteiger partial charge in [0.2, 0.25) is 0 Å². The second-order valence-corrected chi connectivity index (χ2v) is 9.04. The van der Waals surface area contributed by atoms with Crippen LogP contribution < -0.4 is 0 Å². The minimum absolute atomic E-state index is 0.327. The molecular formula is C24H40O4. The maximum Gasteiger partial charge on any atom is 0.331 e. The lowest BCUT2D eigenvalue weighted by atomic mass is 9.75. The van der Waals surface area contributed by atoms with Gasteiger partial charge in [-0.05, 0) is 76.0 Å². The average Bonchev–Trinajstić information content (AvgIpc) is 2.72. The molecule has 2 aliphatic rings. The highest BCUT2D eigenvalue weighted by Gasteiger charge is 2.41. The Kier molecular flexibility index (Phi) is 8.57. The lowest BCUT2D eigenvalue weighted by Gasteiger charge is -2.41. The van der Waals surface area contributed by atoms with Crippen LogP contribution in [-0.4, -0.2) is 23.1 Å². The molecule has 2 fully saturated rings. The van der Waals surface area contributed by atoms with Gasteiger partial charge in [-0.15, -0.1) is 0 Å². The Bertz CT molecular complexity index is 491. The molecule has 28 heavy (non-hydrogen) atoms. The van der Waals surface area contributed by atoms with Crippen molar-refractivity contribution in [3.05, 3.63) is 12.2 Å². The summed E-state index contributed by atoms with van der Waals surface area (Å²) >= 11 is 0. The topological polar surface area (TPSA) is 52.6 Å². The summed E-state index contributed by atoms with van der Waals surface area (Å²) in [6.07, 6.45) is 15.0. The first kappa shape index (κ1) is 23.0. The number of carbonyl (C=O) groups is 2. The van der Waals surface area contributed by atoms with Crippen molar-refractivity contribution in [2.75, 3.05) is 0 Å². The quantitative estimate of drug-likeness (QED) is 0.368. The van der Waals surface area contributed by atoms with Gasteiger partial charge in [-0.3, -0.25) is 0 Å². The van der Waals surface area contributed by atoms with Crippen LogP contribution >= 0.6 is 0 Å². The molecule has 0 aromatic rings. The molecule has 0 radical (unpaired) electrons. The summed E-state index contributed by atoms with van der Waals surface area (Å²) < 4.78 is 11.9. The van der Waals surface area contributed by atoms with Gasteiger partial charge in [-0.25, -0.2) is 9.59 Å². The number of esters is 2. The Hall–Kier alpha value is -1.32. The first-order chi connectivity index (χ1) is 13.4. The van der Waals surface area contributed by atoms with Crippen LogP contribution in [0.3, 0.4) is 0 Å². The van der Waals surface area contributed by atoms with Crippen molar-refractivity contribution in [2.24, 2.45) is 11.8 Å². The second kappa shape index (κ2) is 10.5. The van der Waals surface area contributed by atoms with Crippen molar-refractivity contribution < 1.29 is 19.1 Å². The van der Waals surface area contributed by atoms with Gasteiger partial charge in [0, 0.05) is 12.2 Å². The van der Waals surface area contributed by atoms with Crippen LogP contribution in [0.15, 0.2) is 12.2 Å². The van der Waals surface area contributed by atoms with E-state index in [1.54, 1.807) is 0 Å². The van der Waals surface area contributed by atoms with Gasteiger partial charge >= 0.3 is 11.9 Å². The predicted molar refractivity (Wildman–Crippen MR) is 112 cm³/mol. The Morgan fingerprint density at radius 2 is 1.04 bits per heavy atom. The fourth-order valence-corrected chi connectivity index (χ4v) is 5.04. The lowest BCUT2D eigenvalue weighted by molar-refractivity contribution is -0.167. The van der Waals surface area contributed by atoms with E-state index in [0.717, 1.165) is 64.2 Å². The maximum absolute atomic E-state index is 12.5. The standard InChI is InChI=1S/C24H40O4/c1-5-19(3)23(15-9-7-10-16-23)27-21(25)13-14-22(26)28-24(20(4)6-2)17-11-8-12-18-24/h13-14,19-20H,5-12,15-18H2,1-4H3/b14-13+. The van der Waals surface area contributed by atoms with Crippen LogP contribution in [-0.2, 0) is 19.1 Å². The van der Waals surface area contributed by atoms with Crippen molar-refractivity contribution in [1.82, 2.24) is 0 Å². The minimum atomic E-state index is -0.416. The average molecular weight is 393 g/mol. The maximum atomic E-state index is 12.5. The summed E-state index contributed by atoms with van der Waals surface area (Å²) in [7, 11) is 0. The Morgan fingerprint density at radius 3 is 1.32 bits per heavy atom. The van der Waals surface area contributed by atoms with Crippen molar-refractivity contribution >= 4 is 11.9 Å². The van der Waals surface area contributed by atoms with Crippen LogP contribution in [0.1, 0.15) is 105 Å². The van der Waals surface area contributed by atoms with Crippen molar-refractivity contribution in [3.63, 3.8) is 0 Å². The second-order valence-electron chi connectivity index (χ2n) is 9.04. The van der Waals surface area contributed by atoms with Gasteiger partial charge in [0.25, 0.3) is 0 Å².